The van der Waals surface area contributed by atoms with Gasteiger partial charge in [-0.05, 0) is 24.8 Å². The SMILES string of the molecule is CCC(C)Cc1c(C)sc2nc(CSc3n[nH]c(N)n3)[nH]c(=O)c12. The highest BCUT2D eigenvalue weighted by molar-refractivity contribution is 7.98. The monoisotopic (exact) mass is 364 g/mol. The molecule has 0 amide bonds. The second-order valence-electron chi connectivity index (χ2n) is 5.84. The first kappa shape index (κ1) is 17.0. The highest BCUT2D eigenvalue weighted by Gasteiger charge is 2.17. The lowest BCUT2D eigenvalue weighted by atomic mass is 9.98. The fourth-order valence-corrected chi connectivity index (χ4v) is 4.23. The van der Waals surface area contributed by atoms with Gasteiger partial charge >= 0.3 is 0 Å². The molecule has 24 heavy (non-hydrogen) atoms. The van der Waals surface area contributed by atoms with Crippen LogP contribution in [0.4, 0.5) is 5.95 Å². The Bertz CT molecular complexity index is 912. The van der Waals surface area contributed by atoms with Gasteiger partial charge in [-0.25, -0.2) is 10.1 Å². The minimum Gasteiger partial charge on any atom is -0.368 e. The van der Waals surface area contributed by atoms with Crippen molar-refractivity contribution in [2.75, 3.05) is 5.73 Å². The van der Waals surface area contributed by atoms with Gasteiger partial charge < -0.3 is 10.7 Å². The zero-order valence-electron chi connectivity index (χ0n) is 13.8. The van der Waals surface area contributed by atoms with E-state index in [1.54, 1.807) is 11.3 Å². The Balaban J connectivity index is 1.89. The fraction of sp³-hybridized carbons (Fsp3) is 0.467. The number of aromatic amines is 2. The van der Waals surface area contributed by atoms with Crippen LogP contribution in [0.15, 0.2) is 9.95 Å². The highest BCUT2D eigenvalue weighted by Crippen LogP contribution is 2.30. The molecule has 0 aromatic carbocycles. The lowest BCUT2D eigenvalue weighted by molar-refractivity contribution is 0.561. The van der Waals surface area contributed by atoms with Crippen LogP contribution in [0.2, 0.25) is 0 Å². The summed E-state index contributed by atoms with van der Waals surface area (Å²) >= 11 is 2.96. The van der Waals surface area contributed by atoms with Crippen molar-refractivity contribution >= 4 is 39.3 Å². The summed E-state index contributed by atoms with van der Waals surface area (Å²) in [6.45, 7) is 6.44. The van der Waals surface area contributed by atoms with Crippen LogP contribution in [0.3, 0.4) is 0 Å². The Morgan fingerprint density at radius 1 is 1.38 bits per heavy atom. The molecule has 0 fully saturated rings. The third-order valence-electron chi connectivity index (χ3n) is 3.98. The number of nitrogen functional groups attached to an aromatic ring is 1. The number of nitrogens with zero attached hydrogens (tertiary/aromatic N) is 3. The molecule has 3 aromatic rings. The Morgan fingerprint density at radius 3 is 2.83 bits per heavy atom. The Hall–Kier alpha value is -1.87. The number of thiophene rings is 1. The minimum absolute atomic E-state index is 0.0623. The zero-order chi connectivity index (χ0) is 17.3. The molecule has 9 heteroatoms. The summed E-state index contributed by atoms with van der Waals surface area (Å²) in [4.78, 5) is 26.1. The van der Waals surface area contributed by atoms with Crippen molar-refractivity contribution in [2.45, 2.75) is 44.5 Å². The van der Waals surface area contributed by atoms with E-state index in [0.29, 0.717) is 22.7 Å². The first-order valence-corrected chi connectivity index (χ1v) is 9.60. The first-order valence-electron chi connectivity index (χ1n) is 7.79. The highest BCUT2D eigenvalue weighted by atomic mass is 32.2. The summed E-state index contributed by atoms with van der Waals surface area (Å²) in [6.07, 6.45) is 2.01. The average Bonchev–Trinajstić information content (AvgIpc) is 3.09. The molecule has 0 bridgehead atoms. The molecule has 1 unspecified atom stereocenters. The molecule has 0 aliphatic rings. The van der Waals surface area contributed by atoms with Crippen LogP contribution in [0.25, 0.3) is 10.2 Å². The van der Waals surface area contributed by atoms with Crippen molar-refractivity contribution in [3.63, 3.8) is 0 Å². The molecule has 7 nitrogen and oxygen atoms in total. The van der Waals surface area contributed by atoms with E-state index < -0.39 is 0 Å². The largest absolute Gasteiger partial charge is 0.368 e. The molecular formula is C15H20N6OS2. The number of nitrogens with one attached hydrogen (secondary N) is 2. The summed E-state index contributed by atoms with van der Waals surface area (Å²) in [5, 5.41) is 7.83. The molecule has 0 aliphatic carbocycles. The number of aryl methyl sites for hydroxylation is 1. The molecule has 128 valence electrons. The summed E-state index contributed by atoms with van der Waals surface area (Å²) in [7, 11) is 0. The van der Waals surface area contributed by atoms with Crippen molar-refractivity contribution in [1.29, 1.82) is 0 Å². The second-order valence-corrected chi connectivity index (χ2v) is 7.98. The number of anilines is 1. The van der Waals surface area contributed by atoms with Gasteiger partial charge in [-0.2, -0.15) is 4.98 Å². The van der Waals surface area contributed by atoms with E-state index in [4.69, 9.17) is 5.73 Å². The molecule has 3 aromatic heterocycles. The van der Waals surface area contributed by atoms with Crippen LogP contribution < -0.4 is 11.3 Å². The van der Waals surface area contributed by atoms with Gasteiger partial charge in [-0.3, -0.25) is 4.79 Å². The van der Waals surface area contributed by atoms with Crippen LogP contribution in [0.1, 0.15) is 36.5 Å². The molecule has 1 atom stereocenters. The van der Waals surface area contributed by atoms with Crippen LogP contribution in [0, 0.1) is 12.8 Å². The van der Waals surface area contributed by atoms with E-state index in [9.17, 15) is 4.79 Å². The molecule has 0 aliphatic heterocycles. The Morgan fingerprint density at radius 2 is 2.17 bits per heavy atom. The van der Waals surface area contributed by atoms with Gasteiger partial charge in [-0.1, -0.05) is 32.0 Å². The van der Waals surface area contributed by atoms with E-state index in [0.717, 1.165) is 28.6 Å². The third-order valence-corrected chi connectivity index (χ3v) is 5.88. The molecule has 0 saturated heterocycles. The van der Waals surface area contributed by atoms with E-state index in [1.807, 2.05) is 0 Å². The summed E-state index contributed by atoms with van der Waals surface area (Å²) < 4.78 is 0. The van der Waals surface area contributed by atoms with Gasteiger partial charge in [0.05, 0.1) is 11.1 Å². The van der Waals surface area contributed by atoms with Gasteiger partial charge in [-0.15, -0.1) is 16.4 Å². The van der Waals surface area contributed by atoms with E-state index >= 15 is 0 Å². The number of aromatic nitrogens is 5. The van der Waals surface area contributed by atoms with Gasteiger partial charge in [0.1, 0.15) is 10.7 Å². The number of thioether (sulfide) groups is 1. The summed E-state index contributed by atoms with van der Waals surface area (Å²) in [5.41, 5.74) is 6.58. The van der Waals surface area contributed by atoms with Gasteiger partial charge in [0.2, 0.25) is 11.1 Å². The van der Waals surface area contributed by atoms with Crippen LogP contribution in [0.5, 0.6) is 0 Å². The van der Waals surface area contributed by atoms with Crippen molar-refractivity contribution in [3.8, 4) is 0 Å². The van der Waals surface area contributed by atoms with Gasteiger partial charge in [0.25, 0.3) is 5.56 Å². The van der Waals surface area contributed by atoms with Crippen LogP contribution >= 0.6 is 23.1 Å². The quantitative estimate of drug-likeness (QED) is 0.580. The standard InChI is InChI=1S/C15H20N6OS2/c1-4-7(2)5-9-8(3)24-13-11(9)12(22)17-10(18-13)6-23-15-19-14(16)20-21-15/h7H,4-6H2,1-3H3,(H,17,18,22)(H3,16,19,20,21). The van der Waals surface area contributed by atoms with Crippen molar-refractivity contribution in [1.82, 2.24) is 25.1 Å². The predicted molar refractivity (Wildman–Crippen MR) is 98.5 cm³/mol. The van der Waals surface area contributed by atoms with Crippen LogP contribution in [-0.4, -0.2) is 25.1 Å². The molecule has 4 N–H and O–H groups in total. The zero-order valence-corrected chi connectivity index (χ0v) is 15.5. The molecule has 0 radical (unpaired) electrons. The van der Waals surface area contributed by atoms with E-state index in [1.165, 1.54) is 16.6 Å². The Kier molecular flexibility index (Phi) is 4.91. The number of rotatable bonds is 6. The fourth-order valence-electron chi connectivity index (χ4n) is 2.48. The normalized spacial score (nSPS) is 12.8. The minimum atomic E-state index is -0.0623. The number of fused-ring (bicyclic) bond motifs is 1. The van der Waals surface area contributed by atoms with Gasteiger partial charge in [0, 0.05) is 4.88 Å². The molecular weight excluding hydrogens is 344 g/mol. The van der Waals surface area contributed by atoms with Gasteiger partial charge in [0.15, 0.2) is 0 Å². The molecule has 3 rings (SSSR count). The maximum Gasteiger partial charge on any atom is 0.259 e. The van der Waals surface area contributed by atoms with Crippen molar-refractivity contribution in [3.05, 3.63) is 26.6 Å². The second kappa shape index (κ2) is 6.94. The Labute approximate surface area is 147 Å². The third kappa shape index (κ3) is 3.46. The molecule has 0 saturated carbocycles. The molecule has 3 heterocycles. The van der Waals surface area contributed by atoms with E-state index in [-0.39, 0.29) is 11.5 Å². The summed E-state index contributed by atoms with van der Waals surface area (Å²) in [5.74, 6) is 1.93. The van der Waals surface area contributed by atoms with Crippen molar-refractivity contribution in [2.24, 2.45) is 5.92 Å². The van der Waals surface area contributed by atoms with Crippen LogP contribution in [-0.2, 0) is 12.2 Å². The summed E-state index contributed by atoms with van der Waals surface area (Å²) in [6, 6.07) is 0. The predicted octanol–water partition coefficient (Wildman–Crippen LogP) is 2.87. The van der Waals surface area contributed by atoms with Crippen molar-refractivity contribution < 1.29 is 0 Å². The number of H-pyrrole nitrogens is 2. The maximum atomic E-state index is 12.6. The first-order chi connectivity index (χ1) is 11.5. The van der Waals surface area contributed by atoms with E-state index in [2.05, 4.69) is 45.9 Å². The number of hydrogen-bond donors (Lipinski definition) is 3. The average molecular weight is 365 g/mol. The lowest BCUT2D eigenvalue weighted by Gasteiger charge is -2.08. The topological polar surface area (TPSA) is 113 Å². The smallest absolute Gasteiger partial charge is 0.259 e. The lowest BCUT2D eigenvalue weighted by Crippen LogP contribution is -2.12. The molecule has 0 spiro atoms. The number of nitrogens with two attached hydrogens (primary N) is 1. The number of hydrogen-bond acceptors (Lipinski definition) is 7. The maximum absolute atomic E-state index is 12.6.